The molecule has 1 amide bonds. The molecule has 1 N–H and O–H groups in total. The van der Waals surface area contributed by atoms with E-state index in [2.05, 4.69) is 20.7 Å². The van der Waals surface area contributed by atoms with E-state index in [1.54, 1.807) is 6.92 Å². The van der Waals surface area contributed by atoms with Crippen LogP contribution in [-0.2, 0) is 20.9 Å². The molecule has 24 heavy (non-hydrogen) atoms. The van der Waals surface area contributed by atoms with Gasteiger partial charge in [-0.3, -0.25) is 9.59 Å². The van der Waals surface area contributed by atoms with Crippen molar-refractivity contribution in [3.63, 3.8) is 0 Å². The third-order valence-corrected chi connectivity index (χ3v) is 3.03. The molecule has 8 nitrogen and oxygen atoms in total. The highest BCUT2D eigenvalue weighted by atomic mass is 19.1. The van der Waals surface area contributed by atoms with Gasteiger partial charge < -0.3 is 10.1 Å². The van der Waals surface area contributed by atoms with Crippen molar-refractivity contribution in [1.82, 2.24) is 25.5 Å². The molecule has 0 saturated heterocycles. The zero-order valence-electron chi connectivity index (χ0n) is 13.2. The number of rotatable bonds is 8. The molecule has 1 heterocycles. The maximum Gasteiger partial charge on any atom is 0.305 e. The van der Waals surface area contributed by atoms with Crippen LogP contribution in [0.1, 0.15) is 19.8 Å². The summed E-state index contributed by atoms with van der Waals surface area (Å²) >= 11 is 0. The fraction of sp³-hybridized carbons (Fsp3) is 0.400. The van der Waals surface area contributed by atoms with Crippen molar-refractivity contribution in [3.05, 3.63) is 30.1 Å². The molecule has 1 aromatic heterocycles. The number of carbonyl (C=O) groups is 2. The van der Waals surface area contributed by atoms with Crippen molar-refractivity contribution in [2.45, 2.75) is 26.3 Å². The Kier molecular flexibility index (Phi) is 6.35. The highest BCUT2D eigenvalue weighted by Crippen LogP contribution is 2.13. The lowest BCUT2D eigenvalue weighted by atomic mass is 10.2. The standard InChI is InChI=1S/C15H18FN5O3/c1-2-24-14(23)4-3-9-17-13(22)10-21-19-15(18-20-21)11-5-7-12(16)8-6-11/h5-8H,2-4,9-10H2,1H3,(H,17,22). The third-order valence-electron chi connectivity index (χ3n) is 3.03. The Balaban J connectivity index is 1.76. The molecular weight excluding hydrogens is 317 g/mol. The average Bonchev–Trinajstić information content (AvgIpc) is 3.01. The maximum atomic E-state index is 12.9. The van der Waals surface area contributed by atoms with Crippen LogP contribution < -0.4 is 5.32 Å². The lowest BCUT2D eigenvalue weighted by Crippen LogP contribution is -2.29. The van der Waals surface area contributed by atoms with Crippen LogP contribution in [0.4, 0.5) is 4.39 Å². The molecule has 0 aliphatic heterocycles. The van der Waals surface area contributed by atoms with Gasteiger partial charge in [-0.25, -0.2) is 4.39 Å². The number of esters is 1. The summed E-state index contributed by atoms with van der Waals surface area (Å²) in [5, 5.41) is 14.3. The lowest BCUT2D eigenvalue weighted by molar-refractivity contribution is -0.143. The Morgan fingerprint density at radius 1 is 1.29 bits per heavy atom. The predicted molar refractivity (Wildman–Crippen MR) is 82.1 cm³/mol. The van der Waals surface area contributed by atoms with Crippen molar-refractivity contribution < 1.29 is 18.7 Å². The largest absolute Gasteiger partial charge is 0.466 e. The van der Waals surface area contributed by atoms with Gasteiger partial charge in [0.1, 0.15) is 12.4 Å². The molecule has 0 aliphatic carbocycles. The van der Waals surface area contributed by atoms with E-state index in [9.17, 15) is 14.0 Å². The minimum atomic E-state index is -0.353. The quantitative estimate of drug-likeness (QED) is 0.569. The van der Waals surface area contributed by atoms with Crippen molar-refractivity contribution in [2.75, 3.05) is 13.2 Å². The van der Waals surface area contributed by atoms with Crippen LogP contribution in [0.15, 0.2) is 24.3 Å². The van der Waals surface area contributed by atoms with Gasteiger partial charge in [0.25, 0.3) is 0 Å². The van der Waals surface area contributed by atoms with Gasteiger partial charge in [-0.1, -0.05) is 0 Å². The summed E-state index contributed by atoms with van der Waals surface area (Å²) in [5.41, 5.74) is 0.609. The number of ether oxygens (including phenoxy) is 1. The predicted octanol–water partition coefficient (Wildman–Crippen LogP) is 0.939. The van der Waals surface area contributed by atoms with Crippen LogP contribution in [0.5, 0.6) is 0 Å². The fourth-order valence-corrected chi connectivity index (χ4v) is 1.90. The first-order valence-electron chi connectivity index (χ1n) is 7.54. The van der Waals surface area contributed by atoms with E-state index in [0.717, 1.165) is 4.80 Å². The van der Waals surface area contributed by atoms with Gasteiger partial charge >= 0.3 is 5.97 Å². The Bertz CT molecular complexity index is 687. The Labute approximate surface area is 138 Å². The first-order chi connectivity index (χ1) is 11.6. The van der Waals surface area contributed by atoms with Crippen molar-refractivity contribution in [1.29, 1.82) is 0 Å². The Morgan fingerprint density at radius 2 is 2.04 bits per heavy atom. The number of nitrogens with one attached hydrogen (secondary N) is 1. The second-order valence-electron chi connectivity index (χ2n) is 4.91. The van der Waals surface area contributed by atoms with Gasteiger partial charge in [0.15, 0.2) is 0 Å². The number of hydrogen-bond acceptors (Lipinski definition) is 6. The third kappa shape index (κ3) is 5.41. The molecule has 1 aromatic carbocycles. The zero-order chi connectivity index (χ0) is 17.4. The minimum Gasteiger partial charge on any atom is -0.466 e. The van der Waals surface area contributed by atoms with Crippen LogP contribution >= 0.6 is 0 Å². The van der Waals surface area contributed by atoms with Crippen LogP contribution in [0.3, 0.4) is 0 Å². The molecule has 9 heteroatoms. The fourth-order valence-electron chi connectivity index (χ4n) is 1.90. The van der Waals surface area contributed by atoms with E-state index in [-0.39, 0.29) is 30.7 Å². The van der Waals surface area contributed by atoms with E-state index in [1.807, 2.05) is 0 Å². The molecule has 0 unspecified atom stereocenters. The first-order valence-corrected chi connectivity index (χ1v) is 7.54. The second-order valence-corrected chi connectivity index (χ2v) is 4.91. The summed E-state index contributed by atoms with van der Waals surface area (Å²) in [5.74, 6) is -0.617. The number of carbonyl (C=O) groups excluding carboxylic acids is 2. The Morgan fingerprint density at radius 3 is 2.75 bits per heavy atom. The van der Waals surface area contributed by atoms with Crippen molar-refractivity contribution >= 4 is 11.9 Å². The summed E-state index contributed by atoms with van der Waals surface area (Å²) in [6, 6.07) is 5.66. The van der Waals surface area contributed by atoms with E-state index in [4.69, 9.17) is 4.74 Å². The average molecular weight is 335 g/mol. The van der Waals surface area contributed by atoms with Gasteiger partial charge in [0.05, 0.1) is 6.61 Å². The SMILES string of the molecule is CCOC(=O)CCCNC(=O)Cn1nnc(-c2ccc(F)cc2)n1. The van der Waals surface area contributed by atoms with E-state index in [0.29, 0.717) is 31.0 Å². The first kappa shape index (κ1) is 17.5. The van der Waals surface area contributed by atoms with Gasteiger partial charge in [0, 0.05) is 18.5 Å². The van der Waals surface area contributed by atoms with Gasteiger partial charge in [-0.2, -0.15) is 4.80 Å². The van der Waals surface area contributed by atoms with Crippen LogP contribution in [-0.4, -0.2) is 45.2 Å². The summed E-state index contributed by atoms with van der Waals surface area (Å²) in [6.07, 6.45) is 0.751. The second kappa shape index (κ2) is 8.70. The number of aromatic nitrogens is 4. The zero-order valence-corrected chi connectivity index (χ0v) is 13.2. The molecule has 0 atom stereocenters. The van der Waals surface area contributed by atoms with Gasteiger partial charge in [0.2, 0.25) is 11.7 Å². The minimum absolute atomic E-state index is 0.0897. The van der Waals surface area contributed by atoms with Crippen molar-refractivity contribution in [2.24, 2.45) is 0 Å². The highest BCUT2D eigenvalue weighted by Gasteiger charge is 2.09. The number of hydrogen-bond donors (Lipinski definition) is 1. The number of benzene rings is 1. The number of halogens is 1. The molecule has 0 fully saturated rings. The molecule has 0 radical (unpaired) electrons. The molecule has 2 rings (SSSR count). The molecule has 128 valence electrons. The number of nitrogens with zero attached hydrogens (tertiary/aromatic N) is 4. The van der Waals surface area contributed by atoms with Gasteiger partial charge in [-0.15, -0.1) is 10.2 Å². The van der Waals surface area contributed by atoms with Crippen molar-refractivity contribution in [3.8, 4) is 11.4 Å². The highest BCUT2D eigenvalue weighted by molar-refractivity contribution is 5.75. The molecule has 2 aromatic rings. The maximum absolute atomic E-state index is 12.9. The smallest absolute Gasteiger partial charge is 0.305 e. The molecule has 0 bridgehead atoms. The van der Waals surface area contributed by atoms with E-state index >= 15 is 0 Å². The molecular formula is C15H18FN5O3. The number of tetrazole rings is 1. The normalized spacial score (nSPS) is 10.4. The summed E-state index contributed by atoms with van der Waals surface area (Å²) in [6.45, 7) is 2.36. The van der Waals surface area contributed by atoms with Gasteiger partial charge in [-0.05, 0) is 42.8 Å². The lowest BCUT2D eigenvalue weighted by Gasteiger charge is -2.04. The summed E-state index contributed by atoms with van der Waals surface area (Å²) in [4.78, 5) is 24.1. The monoisotopic (exact) mass is 335 g/mol. The van der Waals surface area contributed by atoms with Crippen LogP contribution in [0.2, 0.25) is 0 Å². The molecule has 0 spiro atoms. The van der Waals surface area contributed by atoms with E-state index < -0.39 is 0 Å². The topological polar surface area (TPSA) is 99.0 Å². The van der Waals surface area contributed by atoms with E-state index in [1.165, 1.54) is 24.3 Å². The summed E-state index contributed by atoms with van der Waals surface area (Å²) < 4.78 is 17.7. The molecule has 0 aliphatic rings. The summed E-state index contributed by atoms with van der Waals surface area (Å²) in [7, 11) is 0. The number of amides is 1. The van der Waals surface area contributed by atoms with Crippen LogP contribution in [0.25, 0.3) is 11.4 Å². The molecule has 0 saturated carbocycles. The Hall–Kier alpha value is -2.84. The van der Waals surface area contributed by atoms with Crippen LogP contribution in [0, 0.1) is 5.82 Å².